The molecule has 0 radical (unpaired) electrons. The Morgan fingerprint density at radius 2 is 2.04 bits per heavy atom. The second kappa shape index (κ2) is 6.40. The van der Waals surface area contributed by atoms with Gasteiger partial charge in [0, 0.05) is 12.5 Å². The molecule has 23 heavy (non-hydrogen) atoms. The summed E-state index contributed by atoms with van der Waals surface area (Å²) in [6.45, 7) is 2.85. The first-order valence-electron chi connectivity index (χ1n) is 8.09. The molecule has 0 unspecified atom stereocenters. The number of benzene rings is 1. The van der Waals surface area contributed by atoms with Crippen molar-refractivity contribution < 1.29 is 14.7 Å². The SMILES string of the molecule is CCCn1c(NC(=O)[C@@H]2CC[C@H](C(=O)O)C2)nc2ccccc21. The zero-order valence-electron chi connectivity index (χ0n) is 13.2. The molecule has 2 aromatic rings. The Hall–Kier alpha value is -2.37. The molecule has 1 aliphatic carbocycles. The molecule has 6 nitrogen and oxygen atoms in total. The summed E-state index contributed by atoms with van der Waals surface area (Å²) in [6.07, 6.45) is 2.54. The Morgan fingerprint density at radius 1 is 1.30 bits per heavy atom. The van der Waals surface area contributed by atoms with Gasteiger partial charge in [-0.1, -0.05) is 19.1 Å². The maximum absolute atomic E-state index is 12.5. The van der Waals surface area contributed by atoms with E-state index in [1.807, 2.05) is 28.8 Å². The number of carbonyl (C=O) groups is 2. The third-order valence-corrected chi connectivity index (χ3v) is 4.49. The van der Waals surface area contributed by atoms with Gasteiger partial charge in [0.05, 0.1) is 17.0 Å². The number of amides is 1. The van der Waals surface area contributed by atoms with E-state index in [-0.39, 0.29) is 11.8 Å². The molecule has 0 aliphatic heterocycles. The van der Waals surface area contributed by atoms with Crippen LogP contribution in [0.4, 0.5) is 5.95 Å². The first kappa shape index (κ1) is 15.5. The van der Waals surface area contributed by atoms with Gasteiger partial charge in [0.15, 0.2) is 0 Å². The summed E-state index contributed by atoms with van der Waals surface area (Å²) >= 11 is 0. The van der Waals surface area contributed by atoms with Crippen LogP contribution in [0.25, 0.3) is 11.0 Å². The van der Waals surface area contributed by atoms with E-state index < -0.39 is 11.9 Å². The molecule has 3 rings (SSSR count). The average molecular weight is 315 g/mol. The third kappa shape index (κ3) is 3.06. The number of aromatic nitrogens is 2. The molecular weight excluding hydrogens is 294 g/mol. The quantitative estimate of drug-likeness (QED) is 0.888. The molecule has 1 saturated carbocycles. The Bertz CT molecular complexity index is 738. The second-order valence-corrected chi connectivity index (χ2v) is 6.11. The van der Waals surface area contributed by atoms with Crippen LogP contribution in [0.3, 0.4) is 0 Å². The van der Waals surface area contributed by atoms with Gasteiger partial charge >= 0.3 is 5.97 Å². The van der Waals surface area contributed by atoms with Crippen LogP contribution in [0.1, 0.15) is 32.6 Å². The summed E-state index contributed by atoms with van der Waals surface area (Å²) in [5.74, 6) is -1.03. The lowest BCUT2D eigenvalue weighted by atomic mass is 10.0. The lowest BCUT2D eigenvalue weighted by molar-refractivity contribution is -0.141. The minimum Gasteiger partial charge on any atom is -0.481 e. The minimum atomic E-state index is -0.807. The lowest BCUT2D eigenvalue weighted by Crippen LogP contribution is -2.23. The van der Waals surface area contributed by atoms with Crippen molar-refractivity contribution in [1.29, 1.82) is 0 Å². The van der Waals surface area contributed by atoms with Gasteiger partial charge in [0.2, 0.25) is 11.9 Å². The maximum atomic E-state index is 12.5. The molecule has 1 aromatic carbocycles. The highest BCUT2D eigenvalue weighted by molar-refractivity contribution is 5.93. The van der Waals surface area contributed by atoms with Crippen molar-refractivity contribution in [3.63, 3.8) is 0 Å². The number of imidazole rings is 1. The average Bonchev–Trinajstić information content (AvgIpc) is 3.14. The summed E-state index contributed by atoms with van der Waals surface area (Å²) in [7, 11) is 0. The lowest BCUT2D eigenvalue weighted by Gasteiger charge is -2.12. The monoisotopic (exact) mass is 315 g/mol. The fraction of sp³-hybridized carbons (Fsp3) is 0.471. The van der Waals surface area contributed by atoms with E-state index in [2.05, 4.69) is 17.2 Å². The summed E-state index contributed by atoms with van der Waals surface area (Å²) < 4.78 is 2.01. The highest BCUT2D eigenvalue weighted by atomic mass is 16.4. The summed E-state index contributed by atoms with van der Waals surface area (Å²) in [6, 6.07) is 7.79. The molecule has 1 aromatic heterocycles. The van der Waals surface area contributed by atoms with Gasteiger partial charge in [-0.25, -0.2) is 4.98 Å². The van der Waals surface area contributed by atoms with Crippen molar-refractivity contribution >= 4 is 28.9 Å². The molecule has 0 saturated heterocycles. The fourth-order valence-electron chi connectivity index (χ4n) is 3.28. The predicted octanol–water partition coefficient (Wildman–Crippen LogP) is 2.89. The topological polar surface area (TPSA) is 84.2 Å². The number of carboxylic acid groups (broad SMARTS) is 1. The zero-order chi connectivity index (χ0) is 16.4. The highest BCUT2D eigenvalue weighted by Gasteiger charge is 2.34. The number of fused-ring (bicyclic) bond motifs is 1. The number of carbonyl (C=O) groups excluding carboxylic acids is 1. The number of hydrogen-bond donors (Lipinski definition) is 2. The summed E-state index contributed by atoms with van der Waals surface area (Å²) in [4.78, 5) is 28.0. The Labute approximate surface area is 134 Å². The van der Waals surface area contributed by atoms with Crippen LogP contribution in [0, 0.1) is 11.8 Å². The number of para-hydroxylation sites is 2. The van der Waals surface area contributed by atoms with E-state index in [9.17, 15) is 9.59 Å². The van der Waals surface area contributed by atoms with E-state index in [4.69, 9.17) is 5.11 Å². The number of nitrogens with zero attached hydrogens (tertiary/aromatic N) is 2. The van der Waals surface area contributed by atoms with Crippen molar-refractivity contribution in [1.82, 2.24) is 9.55 Å². The van der Waals surface area contributed by atoms with Crippen molar-refractivity contribution in [3.05, 3.63) is 24.3 Å². The van der Waals surface area contributed by atoms with Gasteiger partial charge in [-0.3, -0.25) is 14.9 Å². The third-order valence-electron chi connectivity index (χ3n) is 4.49. The van der Waals surface area contributed by atoms with E-state index in [0.29, 0.717) is 25.2 Å². The number of rotatable bonds is 5. The van der Waals surface area contributed by atoms with Crippen LogP contribution in [0.15, 0.2) is 24.3 Å². The van der Waals surface area contributed by atoms with Crippen LogP contribution >= 0.6 is 0 Å². The fourth-order valence-corrected chi connectivity index (χ4v) is 3.28. The molecule has 1 amide bonds. The summed E-state index contributed by atoms with van der Waals surface area (Å²) in [5.41, 5.74) is 1.85. The molecule has 1 aliphatic rings. The molecule has 2 atom stereocenters. The van der Waals surface area contributed by atoms with Gasteiger partial charge < -0.3 is 9.67 Å². The van der Waals surface area contributed by atoms with Crippen LogP contribution in [-0.2, 0) is 16.1 Å². The van der Waals surface area contributed by atoms with Crippen LogP contribution in [0.5, 0.6) is 0 Å². The first-order chi connectivity index (χ1) is 11.1. The first-order valence-corrected chi connectivity index (χ1v) is 8.09. The molecule has 0 bridgehead atoms. The van der Waals surface area contributed by atoms with Gasteiger partial charge in [-0.2, -0.15) is 0 Å². The van der Waals surface area contributed by atoms with Crippen molar-refractivity contribution in [2.45, 2.75) is 39.2 Å². The van der Waals surface area contributed by atoms with E-state index in [1.165, 1.54) is 0 Å². The molecule has 1 heterocycles. The van der Waals surface area contributed by atoms with Gasteiger partial charge in [-0.05, 0) is 37.8 Å². The number of nitrogens with one attached hydrogen (secondary N) is 1. The van der Waals surface area contributed by atoms with Crippen LogP contribution in [-0.4, -0.2) is 26.5 Å². The summed E-state index contributed by atoms with van der Waals surface area (Å²) in [5, 5.41) is 12.0. The van der Waals surface area contributed by atoms with Gasteiger partial charge in [0.25, 0.3) is 0 Å². The minimum absolute atomic E-state index is 0.124. The normalized spacial score (nSPS) is 20.7. The van der Waals surface area contributed by atoms with E-state index in [1.54, 1.807) is 0 Å². The molecule has 2 N–H and O–H groups in total. The van der Waals surface area contributed by atoms with Crippen LogP contribution in [0.2, 0.25) is 0 Å². The number of anilines is 1. The van der Waals surface area contributed by atoms with Gasteiger partial charge in [0.1, 0.15) is 0 Å². The standard InChI is InChI=1S/C17H21N3O3/c1-2-9-20-14-6-4-3-5-13(14)18-17(20)19-15(21)11-7-8-12(10-11)16(22)23/h3-6,11-12H,2,7-10H2,1H3,(H,22,23)(H,18,19,21)/t11-,12+/m1/s1. The van der Waals surface area contributed by atoms with Crippen molar-refractivity contribution in [2.24, 2.45) is 11.8 Å². The maximum Gasteiger partial charge on any atom is 0.306 e. The Balaban J connectivity index is 1.80. The predicted molar refractivity (Wildman–Crippen MR) is 87.1 cm³/mol. The molecule has 6 heteroatoms. The van der Waals surface area contributed by atoms with E-state index >= 15 is 0 Å². The molecular formula is C17H21N3O3. The van der Waals surface area contributed by atoms with E-state index in [0.717, 1.165) is 24.0 Å². The molecule has 122 valence electrons. The number of carboxylic acids is 1. The van der Waals surface area contributed by atoms with Gasteiger partial charge in [-0.15, -0.1) is 0 Å². The largest absolute Gasteiger partial charge is 0.481 e. The van der Waals surface area contributed by atoms with Crippen molar-refractivity contribution in [3.8, 4) is 0 Å². The number of hydrogen-bond acceptors (Lipinski definition) is 3. The molecule has 1 fully saturated rings. The second-order valence-electron chi connectivity index (χ2n) is 6.11. The number of aliphatic carboxylic acids is 1. The highest BCUT2D eigenvalue weighted by Crippen LogP contribution is 2.32. The zero-order valence-corrected chi connectivity index (χ0v) is 13.2. The molecule has 0 spiro atoms. The smallest absolute Gasteiger partial charge is 0.306 e. The van der Waals surface area contributed by atoms with Crippen molar-refractivity contribution in [2.75, 3.05) is 5.32 Å². The van der Waals surface area contributed by atoms with Crippen LogP contribution < -0.4 is 5.32 Å². The Morgan fingerprint density at radius 3 is 2.74 bits per heavy atom. The Kier molecular flexibility index (Phi) is 4.32. The number of aryl methyl sites for hydroxylation is 1.